The molecule has 3 saturated heterocycles. The lowest BCUT2D eigenvalue weighted by Crippen LogP contribution is -2.66. The zero-order chi connectivity index (χ0) is 57.6. The van der Waals surface area contributed by atoms with Gasteiger partial charge >= 0.3 is 0 Å². The van der Waals surface area contributed by atoms with Crippen molar-refractivity contribution in [2.45, 2.75) is 247 Å². The molecule has 19 heteroatoms. The molecule has 0 aromatic rings. The van der Waals surface area contributed by atoms with Crippen LogP contribution in [0.25, 0.3) is 0 Å². The number of allylic oxidation sites excluding steroid dienone is 16. The summed E-state index contributed by atoms with van der Waals surface area (Å²) in [7, 11) is 0. The third kappa shape index (κ3) is 26.7. The summed E-state index contributed by atoms with van der Waals surface area (Å²) in [6, 6.07) is -0.904. The van der Waals surface area contributed by atoms with E-state index in [1.54, 1.807) is 0 Å². The molecule has 12 N–H and O–H groups in total. The Kier molecular flexibility index (Phi) is 37.7. The van der Waals surface area contributed by atoms with Gasteiger partial charge in [0, 0.05) is 6.42 Å². The highest BCUT2D eigenvalue weighted by atomic mass is 16.8. The summed E-state index contributed by atoms with van der Waals surface area (Å²) < 4.78 is 34.1. The van der Waals surface area contributed by atoms with Gasteiger partial charge in [0.2, 0.25) is 5.91 Å². The highest BCUT2D eigenvalue weighted by Crippen LogP contribution is 2.33. The summed E-state index contributed by atoms with van der Waals surface area (Å²) in [6.07, 6.45) is 25.8. The van der Waals surface area contributed by atoms with Crippen molar-refractivity contribution in [3.05, 3.63) is 97.2 Å². The molecule has 0 saturated carbocycles. The summed E-state index contributed by atoms with van der Waals surface area (Å²) in [5.41, 5.74) is 0. The van der Waals surface area contributed by atoms with Gasteiger partial charge in [-0.1, -0.05) is 156 Å². The van der Waals surface area contributed by atoms with Gasteiger partial charge in [0.1, 0.15) is 73.2 Å². The van der Waals surface area contributed by atoms with E-state index in [-0.39, 0.29) is 18.9 Å². The number of carbonyl (C=O) groups is 1. The molecule has 0 bridgehead atoms. The summed E-state index contributed by atoms with van der Waals surface area (Å²) in [4.78, 5) is 13.2. The van der Waals surface area contributed by atoms with Crippen LogP contribution in [0.2, 0.25) is 0 Å². The van der Waals surface area contributed by atoms with Crippen LogP contribution in [0.4, 0.5) is 0 Å². The van der Waals surface area contributed by atoms with Crippen LogP contribution in [0.15, 0.2) is 97.2 Å². The second-order valence-corrected chi connectivity index (χ2v) is 20.4. The molecule has 3 aliphatic heterocycles. The fourth-order valence-corrected chi connectivity index (χ4v) is 9.15. The van der Waals surface area contributed by atoms with E-state index in [1.807, 2.05) is 0 Å². The predicted octanol–water partition coefficient (Wildman–Crippen LogP) is 4.59. The molecule has 1 amide bonds. The second kappa shape index (κ2) is 42.5. The molecule has 19 nitrogen and oxygen atoms in total. The highest BCUT2D eigenvalue weighted by molar-refractivity contribution is 5.76. The predicted molar refractivity (Wildman–Crippen MR) is 300 cm³/mol. The quantitative estimate of drug-likeness (QED) is 0.0295. The van der Waals surface area contributed by atoms with Gasteiger partial charge in [-0.3, -0.25) is 4.79 Å². The van der Waals surface area contributed by atoms with Gasteiger partial charge in [-0.15, -0.1) is 0 Å². The zero-order valence-electron chi connectivity index (χ0n) is 46.8. The zero-order valence-corrected chi connectivity index (χ0v) is 46.8. The lowest BCUT2D eigenvalue weighted by molar-refractivity contribution is -0.379. The molecule has 3 heterocycles. The summed E-state index contributed by atoms with van der Waals surface area (Å²) in [5, 5.41) is 119. The fourth-order valence-electron chi connectivity index (χ4n) is 9.15. The monoisotopic (exact) mass is 1120 g/mol. The summed E-state index contributed by atoms with van der Waals surface area (Å²) >= 11 is 0. The highest BCUT2D eigenvalue weighted by Gasteiger charge is 2.53. The molecule has 79 heavy (non-hydrogen) atoms. The Bertz CT molecular complexity index is 1820. The average molecular weight is 1120 g/mol. The van der Waals surface area contributed by atoms with Crippen LogP contribution < -0.4 is 5.32 Å². The van der Waals surface area contributed by atoms with Crippen molar-refractivity contribution < 1.29 is 89.4 Å². The van der Waals surface area contributed by atoms with E-state index in [2.05, 4.69) is 116 Å². The standard InChI is InChI=1S/C60H99NO18/c1-3-5-7-9-10-11-12-13-14-15-16-17-18-19-20-21-22-23-24-25-26-27-28-29-30-31-32-34-36-38-48(66)61-43(44(65)37-35-33-8-6-4-2)42-74-58-54(72)51(69)56(46(40-63)76-58)79-60-55(73)52(70)57(47(41-64)77-60)78-59-53(71)50(68)49(67)45(39-62)75-59/h5,7,10-11,13-14,16-17,19-20,22-23,25-26,28-29,43-47,49-60,62-65,67-73H,3-4,6,8-9,12,15,18,21,24,27,30-42H2,1-2H3,(H,61,66)/b7-5-,11-10-,14-13-,17-16-,20-19-,23-22-,26-25-,29-28-. The number of nitrogens with one attached hydrogen (secondary N) is 1. The molecule has 0 aliphatic carbocycles. The maximum atomic E-state index is 13.2. The Balaban J connectivity index is 1.38. The van der Waals surface area contributed by atoms with Crippen molar-refractivity contribution in [2.24, 2.45) is 0 Å². The van der Waals surface area contributed by atoms with Crippen LogP contribution >= 0.6 is 0 Å². The minimum atomic E-state index is -1.98. The molecule has 17 atom stereocenters. The van der Waals surface area contributed by atoms with Gasteiger partial charge in [-0.2, -0.15) is 0 Å². The lowest BCUT2D eigenvalue weighted by Gasteiger charge is -2.48. The number of carbonyl (C=O) groups excluding carboxylic acids is 1. The first-order valence-electron chi connectivity index (χ1n) is 29.0. The minimum Gasteiger partial charge on any atom is -0.394 e. The molecule has 3 fully saturated rings. The van der Waals surface area contributed by atoms with Crippen LogP contribution in [0.1, 0.15) is 142 Å². The molecule has 3 rings (SSSR count). The first-order valence-corrected chi connectivity index (χ1v) is 29.0. The number of aliphatic hydroxyl groups excluding tert-OH is 11. The number of aliphatic hydroxyl groups is 11. The number of unbranched alkanes of at least 4 members (excludes halogenated alkanes) is 8. The number of amides is 1. The van der Waals surface area contributed by atoms with Gasteiger partial charge in [-0.05, 0) is 77.0 Å². The molecule has 17 unspecified atom stereocenters. The van der Waals surface area contributed by atoms with Gasteiger partial charge in [0.05, 0.1) is 38.6 Å². The smallest absolute Gasteiger partial charge is 0.220 e. The van der Waals surface area contributed by atoms with Crippen LogP contribution in [0.3, 0.4) is 0 Å². The normalized spacial score (nSPS) is 31.0. The van der Waals surface area contributed by atoms with E-state index in [0.717, 1.165) is 103 Å². The van der Waals surface area contributed by atoms with Crippen LogP contribution in [-0.4, -0.2) is 193 Å². The molecular weight excluding hydrogens is 1020 g/mol. The first-order chi connectivity index (χ1) is 38.3. The minimum absolute atomic E-state index is 0.228. The Morgan fingerprint density at radius 3 is 1.35 bits per heavy atom. The Labute approximate surface area is 469 Å². The van der Waals surface area contributed by atoms with E-state index in [1.165, 1.54) is 0 Å². The van der Waals surface area contributed by atoms with Crippen molar-refractivity contribution in [3.63, 3.8) is 0 Å². The second-order valence-electron chi connectivity index (χ2n) is 20.4. The summed E-state index contributed by atoms with van der Waals surface area (Å²) in [5.74, 6) is -0.281. The fraction of sp³-hybridized carbons (Fsp3) is 0.717. The number of rotatable bonds is 40. The van der Waals surface area contributed by atoms with Crippen LogP contribution in [-0.2, 0) is 33.2 Å². The lowest BCUT2D eigenvalue weighted by atomic mass is 9.96. The summed E-state index contributed by atoms with van der Waals surface area (Å²) in [6.45, 7) is 1.50. The Hall–Kier alpha value is -3.29. The largest absolute Gasteiger partial charge is 0.394 e. The van der Waals surface area contributed by atoms with Crippen molar-refractivity contribution in [3.8, 4) is 0 Å². The first kappa shape index (κ1) is 70.0. The van der Waals surface area contributed by atoms with Gasteiger partial charge < -0.3 is 89.9 Å². The maximum Gasteiger partial charge on any atom is 0.220 e. The molecule has 0 aromatic heterocycles. The van der Waals surface area contributed by atoms with E-state index < -0.39 is 124 Å². The SMILES string of the molecule is CC/C=C\C/C=C\C/C=C\C/C=C\C/C=C\C/C=C\C/C=C\C/C=C\CCCCCCC(=O)NC(COC1OC(CO)C(OC2OC(CO)C(OC3OC(CO)C(O)C(O)C3O)C(O)C2O)C(O)C1O)C(O)CCCCCCC. The van der Waals surface area contributed by atoms with Gasteiger partial charge in [0.25, 0.3) is 0 Å². The average Bonchev–Trinajstić information content (AvgIpc) is 3.48. The van der Waals surface area contributed by atoms with Crippen molar-refractivity contribution in [1.82, 2.24) is 5.32 Å². The molecular formula is C60H99NO18. The molecule has 452 valence electrons. The van der Waals surface area contributed by atoms with Gasteiger partial charge in [-0.25, -0.2) is 0 Å². The van der Waals surface area contributed by atoms with Crippen molar-refractivity contribution in [1.29, 1.82) is 0 Å². The van der Waals surface area contributed by atoms with Crippen LogP contribution in [0.5, 0.6) is 0 Å². The third-order valence-electron chi connectivity index (χ3n) is 13.9. The Morgan fingerprint density at radius 2 is 0.873 bits per heavy atom. The Morgan fingerprint density at radius 1 is 0.468 bits per heavy atom. The van der Waals surface area contributed by atoms with Crippen LogP contribution in [0, 0.1) is 0 Å². The molecule has 0 aromatic carbocycles. The van der Waals surface area contributed by atoms with Crippen molar-refractivity contribution >= 4 is 5.91 Å². The van der Waals surface area contributed by atoms with E-state index in [0.29, 0.717) is 19.3 Å². The van der Waals surface area contributed by atoms with Crippen molar-refractivity contribution in [2.75, 3.05) is 26.4 Å². The maximum absolute atomic E-state index is 13.2. The van der Waals surface area contributed by atoms with Gasteiger partial charge in [0.15, 0.2) is 18.9 Å². The number of hydrogen-bond acceptors (Lipinski definition) is 18. The number of ether oxygens (including phenoxy) is 6. The van der Waals surface area contributed by atoms with E-state index in [4.69, 9.17) is 28.4 Å². The van der Waals surface area contributed by atoms with E-state index in [9.17, 15) is 61.0 Å². The molecule has 0 spiro atoms. The third-order valence-corrected chi connectivity index (χ3v) is 13.9. The topological polar surface area (TPSA) is 307 Å². The van der Waals surface area contributed by atoms with E-state index >= 15 is 0 Å². The number of hydrogen-bond donors (Lipinski definition) is 12. The molecule has 0 radical (unpaired) electrons. The molecule has 3 aliphatic rings.